The summed E-state index contributed by atoms with van der Waals surface area (Å²) in [5, 5.41) is 37.3. The van der Waals surface area contributed by atoms with Crippen LogP contribution in [0.1, 0.15) is 52.5 Å². The third kappa shape index (κ3) is 12.5. The van der Waals surface area contributed by atoms with Gasteiger partial charge < -0.3 is 30.9 Å². The molecular formula is C41H40N4O9. The maximum Gasteiger partial charge on any atom is 0.317 e. The van der Waals surface area contributed by atoms with E-state index in [1.807, 2.05) is 66.7 Å². The molecule has 0 atom stereocenters. The number of nitrogens with two attached hydrogens (primary N) is 1. The Kier molecular flexibility index (Phi) is 14.2. The molecule has 4 aromatic rings. The van der Waals surface area contributed by atoms with Crippen LogP contribution in [-0.4, -0.2) is 85.3 Å². The van der Waals surface area contributed by atoms with E-state index in [0.29, 0.717) is 16.9 Å². The highest BCUT2D eigenvalue weighted by atomic mass is 16.5. The summed E-state index contributed by atoms with van der Waals surface area (Å²) in [4.78, 5) is 52.6. The van der Waals surface area contributed by atoms with Gasteiger partial charge in [0.25, 0.3) is 0 Å². The molecule has 0 spiro atoms. The molecule has 1 heterocycles. The fourth-order valence-electron chi connectivity index (χ4n) is 5.83. The normalized spacial score (nSPS) is 11.3. The first-order chi connectivity index (χ1) is 25.8. The Bertz CT molecular complexity index is 2000. The minimum absolute atomic E-state index is 0.0876. The van der Waals surface area contributed by atoms with Crippen molar-refractivity contribution < 1.29 is 44.3 Å². The summed E-state index contributed by atoms with van der Waals surface area (Å²) >= 11 is 0. The van der Waals surface area contributed by atoms with Crippen molar-refractivity contribution in [3.63, 3.8) is 0 Å². The van der Waals surface area contributed by atoms with Crippen LogP contribution in [0.5, 0.6) is 5.75 Å². The molecule has 0 radical (unpaired) electrons. The SMILES string of the molecule is C=C(N)Oc1ccc(/C(=C(/CC)c2ccccc2)c2ccc(C#Cc3cc(CN(CC(=O)O)CC(=O)O)nc(CN(CC(=O)O)CC(=O)O)c3)cc2)cc1. The molecule has 54 heavy (non-hydrogen) atoms. The maximum atomic E-state index is 11.4. The van der Waals surface area contributed by atoms with Gasteiger partial charge in [-0.1, -0.05) is 73.4 Å². The number of aromatic nitrogens is 1. The predicted molar refractivity (Wildman–Crippen MR) is 201 cm³/mol. The van der Waals surface area contributed by atoms with Crippen LogP contribution >= 0.6 is 0 Å². The second kappa shape index (κ2) is 19.2. The van der Waals surface area contributed by atoms with Crippen molar-refractivity contribution in [2.45, 2.75) is 26.4 Å². The predicted octanol–water partition coefficient (Wildman–Crippen LogP) is 4.60. The third-order valence-corrected chi connectivity index (χ3v) is 7.83. The fraction of sp³-hybridized carbons (Fsp3) is 0.195. The van der Waals surface area contributed by atoms with Crippen LogP contribution in [0.4, 0.5) is 0 Å². The minimum atomic E-state index is -1.23. The molecule has 0 fully saturated rings. The van der Waals surface area contributed by atoms with Crippen LogP contribution in [0.3, 0.4) is 0 Å². The van der Waals surface area contributed by atoms with Gasteiger partial charge in [0, 0.05) is 24.2 Å². The van der Waals surface area contributed by atoms with Gasteiger partial charge in [-0.05, 0) is 77.2 Å². The number of ether oxygens (including phenoxy) is 1. The monoisotopic (exact) mass is 732 g/mol. The number of allylic oxidation sites excluding steroid dienone is 1. The molecule has 0 saturated heterocycles. The van der Waals surface area contributed by atoms with Crippen molar-refractivity contribution >= 4 is 35.0 Å². The summed E-state index contributed by atoms with van der Waals surface area (Å²) in [5.74, 6) is 1.91. The lowest BCUT2D eigenvalue weighted by Crippen LogP contribution is -2.35. The Morgan fingerprint density at radius 3 is 1.54 bits per heavy atom. The van der Waals surface area contributed by atoms with Crippen molar-refractivity contribution in [1.82, 2.24) is 14.8 Å². The Labute approximate surface area is 312 Å². The highest BCUT2D eigenvalue weighted by molar-refractivity contribution is 5.98. The standard InChI is InChI=1S/C41H40N4O9/c1-3-36(30-7-5-4-6-8-30)41(32-15-17-35(18-16-32)54-27(2)42)31-13-11-28(12-14-31)9-10-29-19-33(21-44(23-37(46)47)24-38(48)49)43-34(20-29)22-45(25-39(50)51)26-40(52)53/h4-8,11-20H,2-3,21-26,42H2,1H3,(H,46,47)(H,48,49)(H,50,51)(H,52,53)/b41-36-. The van der Waals surface area contributed by atoms with Crippen LogP contribution in [0.25, 0.3) is 11.1 Å². The molecule has 0 aliphatic heterocycles. The number of nitrogens with zero attached hydrogens (tertiary/aromatic N) is 3. The molecule has 3 aromatic carbocycles. The highest BCUT2D eigenvalue weighted by Crippen LogP contribution is 2.35. The van der Waals surface area contributed by atoms with Gasteiger partial charge in [-0.2, -0.15) is 0 Å². The first kappa shape index (κ1) is 40.0. The van der Waals surface area contributed by atoms with Crippen molar-refractivity contribution in [3.8, 4) is 17.6 Å². The quantitative estimate of drug-likeness (QED) is 0.0540. The number of pyridine rings is 1. The molecule has 0 unspecified atom stereocenters. The number of rotatable bonds is 18. The Balaban J connectivity index is 1.74. The molecule has 6 N–H and O–H groups in total. The van der Waals surface area contributed by atoms with Crippen molar-refractivity contribution in [3.05, 3.63) is 143 Å². The zero-order valence-corrected chi connectivity index (χ0v) is 29.6. The third-order valence-electron chi connectivity index (χ3n) is 7.83. The second-order valence-electron chi connectivity index (χ2n) is 12.2. The highest BCUT2D eigenvalue weighted by Gasteiger charge is 2.19. The van der Waals surface area contributed by atoms with Crippen LogP contribution in [0.2, 0.25) is 0 Å². The molecule has 0 amide bonds. The molecule has 0 bridgehead atoms. The fourth-order valence-corrected chi connectivity index (χ4v) is 5.83. The van der Waals surface area contributed by atoms with Gasteiger partial charge in [0.1, 0.15) is 5.75 Å². The Morgan fingerprint density at radius 1 is 0.667 bits per heavy atom. The van der Waals surface area contributed by atoms with E-state index in [-0.39, 0.29) is 30.4 Å². The summed E-state index contributed by atoms with van der Waals surface area (Å²) in [5.41, 5.74) is 12.4. The van der Waals surface area contributed by atoms with Gasteiger partial charge >= 0.3 is 23.9 Å². The lowest BCUT2D eigenvalue weighted by atomic mass is 9.88. The van der Waals surface area contributed by atoms with Gasteiger partial charge in [0.05, 0.1) is 37.6 Å². The maximum absolute atomic E-state index is 11.4. The van der Waals surface area contributed by atoms with Gasteiger partial charge in [0.2, 0.25) is 0 Å². The topological polar surface area (TPSA) is 204 Å². The first-order valence-electron chi connectivity index (χ1n) is 16.7. The molecule has 4 rings (SSSR count). The van der Waals surface area contributed by atoms with E-state index in [1.54, 1.807) is 12.1 Å². The van der Waals surface area contributed by atoms with E-state index >= 15 is 0 Å². The lowest BCUT2D eigenvalue weighted by molar-refractivity contribution is -0.144. The van der Waals surface area contributed by atoms with Gasteiger partial charge in [-0.15, -0.1) is 0 Å². The van der Waals surface area contributed by atoms with E-state index in [0.717, 1.165) is 34.3 Å². The second-order valence-corrected chi connectivity index (χ2v) is 12.2. The van der Waals surface area contributed by atoms with E-state index < -0.39 is 50.1 Å². The van der Waals surface area contributed by atoms with Gasteiger partial charge in [0.15, 0.2) is 5.88 Å². The minimum Gasteiger partial charge on any atom is -0.480 e. The molecule has 0 aliphatic carbocycles. The zero-order valence-electron chi connectivity index (χ0n) is 29.6. The molecule has 13 heteroatoms. The van der Waals surface area contributed by atoms with E-state index in [4.69, 9.17) is 10.5 Å². The summed E-state index contributed by atoms with van der Waals surface area (Å²) in [6.45, 7) is 3.07. The van der Waals surface area contributed by atoms with E-state index in [9.17, 15) is 39.6 Å². The number of hydrogen-bond donors (Lipinski definition) is 5. The molecule has 278 valence electrons. The van der Waals surface area contributed by atoms with Crippen molar-refractivity contribution in [2.75, 3.05) is 26.2 Å². The number of aliphatic carboxylic acids is 4. The summed E-state index contributed by atoms with van der Waals surface area (Å²) in [6.07, 6.45) is 0.748. The largest absolute Gasteiger partial charge is 0.480 e. The van der Waals surface area contributed by atoms with Crippen LogP contribution in [-0.2, 0) is 32.3 Å². The van der Waals surface area contributed by atoms with Gasteiger partial charge in [-0.25, -0.2) is 0 Å². The van der Waals surface area contributed by atoms with Crippen LogP contribution in [0, 0.1) is 11.8 Å². The Hall–Kier alpha value is -6.75. The van der Waals surface area contributed by atoms with Crippen LogP contribution < -0.4 is 10.5 Å². The number of carbonyl (C=O) groups is 4. The summed E-state index contributed by atoms with van der Waals surface area (Å²) in [7, 11) is 0. The average molecular weight is 733 g/mol. The van der Waals surface area contributed by atoms with E-state index in [1.165, 1.54) is 9.80 Å². The molecule has 1 aromatic heterocycles. The number of carboxylic acid groups (broad SMARTS) is 4. The smallest absolute Gasteiger partial charge is 0.317 e. The van der Waals surface area contributed by atoms with Crippen molar-refractivity contribution in [1.29, 1.82) is 0 Å². The molecule has 0 aliphatic rings. The zero-order chi connectivity index (χ0) is 39.2. The van der Waals surface area contributed by atoms with E-state index in [2.05, 4.69) is 42.5 Å². The molecule has 0 saturated carbocycles. The van der Waals surface area contributed by atoms with Crippen molar-refractivity contribution in [2.24, 2.45) is 5.73 Å². The molecular weight excluding hydrogens is 692 g/mol. The summed E-state index contributed by atoms with van der Waals surface area (Å²) in [6, 6.07) is 28.5. The van der Waals surface area contributed by atoms with Crippen LogP contribution in [0.15, 0.2) is 103 Å². The first-order valence-corrected chi connectivity index (χ1v) is 16.7. The number of hydrogen-bond acceptors (Lipinski definition) is 9. The van der Waals surface area contributed by atoms with Gasteiger partial charge in [-0.3, -0.25) is 34.0 Å². The lowest BCUT2D eigenvalue weighted by Gasteiger charge is -2.20. The molecule has 13 nitrogen and oxygen atoms in total. The number of carboxylic acids is 4. The number of benzene rings is 3. The Morgan fingerprint density at radius 2 is 1.11 bits per heavy atom. The average Bonchev–Trinajstić information content (AvgIpc) is 3.09. The summed E-state index contributed by atoms with van der Waals surface area (Å²) < 4.78 is 5.47.